The van der Waals surface area contributed by atoms with Crippen LogP contribution in [0.5, 0.6) is 0 Å². The lowest BCUT2D eigenvalue weighted by Gasteiger charge is -2.14. The monoisotopic (exact) mass is 288 g/mol. The topological polar surface area (TPSA) is 41.1 Å². The lowest BCUT2D eigenvalue weighted by Crippen LogP contribution is -2.34. The van der Waals surface area contributed by atoms with Gasteiger partial charge in [-0.05, 0) is 18.4 Å². The molecule has 3 nitrogen and oxygen atoms in total. The number of carbonyl (C=O) groups excluding carboxylic acids is 1. The van der Waals surface area contributed by atoms with Crippen molar-refractivity contribution in [1.82, 2.24) is 10.6 Å². The Bertz CT molecular complexity index is 335. The van der Waals surface area contributed by atoms with E-state index in [1.54, 1.807) is 11.8 Å². The van der Waals surface area contributed by atoms with Crippen LogP contribution in [0, 0.1) is 0 Å². The molecule has 0 radical (unpaired) electrons. The zero-order valence-corrected chi connectivity index (χ0v) is 12.4. The van der Waals surface area contributed by atoms with Crippen molar-refractivity contribution in [2.75, 3.05) is 25.9 Å². The molecule has 1 amide bonds. The van der Waals surface area contributed by atoms with E-state index in [9.17, 15) is 4.79 Å². The molecule has 0 aliphatic rings. The van der Waals surface area contributed by atoms with Gasteiger partial charge >= 0.3 is 0 Å². The average molecular weight is 289 g/mol. The molecule has 1 unspecified atom stereocenters. The molecular formula is C13H21ClN2OS. The summed E-state index contributed by atoms with van der Waals surface area (Å²) >= 11 is 1.56. The van der Waals surface area contributed by atoms with E-state index >= 15 is 0 Å². The summed E-state index contributed by atoms with van der Waals surface area (Å²) in [5.74, 6) is 0.0848. The van der Waals surface area contributed by atoms with Gasteiger partial charge in [0.25, 0.3) is 0 Å². The molecule has 0 spiro atoms. The van der Waals surface area contributed by atoms with E-state index in [1.165, 1.54) is 0 Å². The fourth-order valence-corrected chi connectivity index (χ4v) is 2.29. The van der Waals surface area contributed by atoms with Crippen LogP contribution >= 0.6 is 24.2 Å². The second kappa shape index (κ2) is 10.2. The van der Waals surface area contributed by atoms with E-state index < -0.39 is 0 Å². The molecule has 1 aromatic carbocycles. The van der Waals surface area contributed by atoms with Crippen molar-refractivity contribution in [2.45, 2.75) is 12.2 Å². The number of hydrogen-bond donors (Lipinski definition) is 2. The fraction of sp³-hybridized carbons (Fsp3) is 0.462. The summed E-state index contributed by atoms with van der Waals surface area (Å²) in [5, 5.41) is 6.01. The molecule has 0 saturated heterocycles. The highest BCUT2D eigenvalue weighted by Crippen LogP contribution is 2.26. The van der Waals surface area contributed by atoms with E-state index in [-0.39, 0.29) is 23.6 Å². The number of halogens is 1. The zero-order chi connectivity index (χ0) is 12.5. The minimum absolute atomic E-state index is 0. The van der Waals surface area contributed by atoms with Crippen molar-refractivity contribution in [3.05, 3.63) is 35.9 Å². The first-order chi connectivity index (χ1) is 8.29. The van der Waals surface area contributed by atoms with Gasteiger partial charge in [-0.2, -0.15) is 0 Å². The van der Waals surface area contributed by atoms with Crippen molar-refractivity contribution in [2.24, 2.45) is 0 Å². The summed E-state index contributed by atoms with van der Waals surface area (Å²) < 4.78 is 0. The lowest BCUT2D eigenvalue weighted by atomic mass is 10.1. The number of carbonyl (C=O) groups is 1. The van der Waals surface area contributed by atoms with E-state index in [0.29, 0.717) is 6.54 Å². The summed E-state index contributed by atoms with van der Waals surface area (Å²) in [6.07, 6.45) is 1.96. The number of benzene rings is 1. The second-order valence-electron chi connectivity index (χ2n) is 3.67. The molecule has 0 aliphatic heterocycles. The highest BCUT2D eigenvalue weighted by molar-refractivity contribution is 7.99. The summed E-state index contributed by atoms with van der Waals surface area (Å²) in [4.78, 5) is 12.0. The van der Waals surface area contributed by atoms with Crippen LogP contribution in [0.3, 0.4) is 0 Å². The number of thioether (sulfide) groups is 1. The summed E-state index contributed by atoms with van der Waals surface area (Å²) in [6.45, 7) is 4.48. The summed E-state index contributed by atoms with van der Waals surface area (Å²) in [6, 6.07) is 9.87. The van der Waals surface area contributed by atoms with Crippen molar-refractivity contribution in [3.63, 3.8) is 0 Å². The van der Waals surface area contributed by atoms with Crippen molar-refractivity contribution < 1.29 is 4.79 Å². The molecule has 0 fully saturated rings. The number of amides is 1. The first-order valence-corrected chi connectivity index (χ1v) is 7.14. The maximum Gasteiger partial charge on any atom is 0.237 e. The van der Waals surface area contributed by atoms with Gasteiger partial charge in [-0.15, -0.1) is 24.2 Å². The number of hydrogen-bond acceptors (Lipinski definition) is 3. The van der Waals surface area contributed by atoms with Crippen molar-refractivity contribution in [3.8, 4) is 0 Å². The molecule has 102 valence electrons. The minimum Gasteiger partial charge on any atom is -0.354 e. The molecule has 1 aromatic rings. The first-order valence-electron chi connectivity index (χ1n) is 5.85. The predicted molar refractivity (Wildman–Crippen MR) is 81.5 cm³/mol. The maximum absolute atomic E-state index is 12.0. The third-order valence-electron chi connectivity index (χ3n) is 2.43. The van der Waals surface area contributed by atoms with Crippen LogP contribution in [-0.4, -0.2) is 31.8 Å². The predicted octanol–water partition coefficient (Wildman–Crippen LogP) is 2.24. The Morgan fingerprint density at radius 3 is 2.50 bits per heavy atom. The number of likely N-dealkylation sites (N-methyl/N-ethyl adjacent to an activating group) is 1. The van der Waals surface area contributed by atoms with Gasteiger partial charge in [0.15, 0.2) is 0 Å². The molecule has 0 saturated carbocycles. The highest BCUT2D eigenvalue weighted by atomic mass is 35.5. The van der Waals surface area contributed by atoms with Gasteiger partial charge in [0.2, 0.25) is 5.91 Å². The molecule has 2 N–H and O–H groups in total. The Morgan fingerprint density at radius 2 is 1.94 bits per heavy atom. The molecule has 1 rings (SSSR count). The molecule has 0 heterocycles. The SMILES string of the molecule is CCNCCNC(=O)C(SC)c1ccccc1.Cl. The average Bonchev–Trinajstić information content (AvgIpc) is 2.37. The van der Waals surface area contributed by atoms with E-state index in [4.69, 9.17) is 0 Å². The lowest BCUT2D eigenvalue weighted by molar-refractivity contribution is -0.120. The largest absolute Gasteiger partial charge is 0.354 e. The van der Waals surface area contributed by atoms with Crippen LogP contribution in [0.2, 0.25) is 0 Å². The summed E-state index contributed by atoms with van der Waals surface area (Å²) in [7, 11) is 0. The molecule has 0 aromatic heterocycles. The van der Waals surface area contributed by atoms with Gasteiger partial charge in [0, 0.05) is 13.1 Å². The highest BCUT2D eigenvalue weighted by Gasteiger charge is 2.18. The van der Waals surface area contributed by atoms with Crippen LogP contribution in [0.25, 0.3) is 0 Å². The van der Waals surface area contributed by atoms with E-state index in [0.717, 1.165) is 18.7 Å². The Morgan fingerprint density at radius 1 is 1.28 bits per heavy atom. The molecular weight excluding hydrogens is 268 g/mol. The number of rotatable bonds is 7. The van der Waals surface area contributed by atoms with Crippen LogP contribution in [0.15, 0.2) is 30.3 Å². The number of nitrogens with one attached hydrogen (secondary N) is 2. The van der Waals surface area contributed by atoms with Gasteiger partial charge < -0.3 is 10.6 Å². The van der Waals surface area contributed by atoms with Gasteiger partial charge in [0.1, 0.15) is 5.25 Å². The molecule has 0 aliphatic carbocycles. The van der Waals surface area contributed by atoms with Gasteiger partial charge in [-0.25, -0.2) is 0 Å². The van der Waals surface area contributed by atoms with Gasteiger partial charge in [-0.1, -0.05) is 37.3 Å². The Balaban J connectivity index is 0.00000289. The Kier molecular flexibility index (Phi) is 9.83. The molecule has 1 atom stereocenters. The first kappa shape index (κ1) is 17.3. The third kappa shape index (κ3) is 5.76. The van der Waals surface area contributed by atoms with E-state index in [1.807, 2.05) is 36.6 Å². The normalized spacial score (nSPS) is 11.4. The van der Waals surface area contributed by atoms with Crippen LogP contribution in [-0.2, 0) is 4.79 Å². The molecule has 5 heteroatoms. The van der Waals surface area contributed by atoms with Crippen molar-refractivity contribution >= 4 is 30.1 Å². The second-order valence-corrected chi connectivity index (χ2v) is 4.61. The Labute approximate surface area is 120 Å². The molecule has 18 heavy (non-hydrogen) atoms. The van der Waals surface area contributed by atoms with Crippen LogP contribution < -0.4 is 10.6 Å². The Hall–Kier alpha value is -0.710. The standard InChI is InChI=1S/C13H20N2OS.ClH/c1-3-14-9-10-15-13(16)12(17-2)11-7-5-4-6-8-11;/h4-8,12,14H,3,9-10H2,1-2H3,(H,15,16);1H. The van der Waals surface area contributed by atoms with Crippen LogP contribution in [0.1, 0.15) is 17.7 Å². The quantitative estimate of drug-likeness (QED) is 0.756. The van der Waals surface area contributed by atoms with Gasteiger partial charge in [0.05, 0.1) is 0 Å². The van der Waals surface area contributed by atoms with E-state index in [2.05, 4.69) is 17.6 Å². The van der Waals surface area contributed by atoms with Crippen LogP contribution in [0.4, 0.5) is 0 Å². The smallest absolute Gasteiger partial charge is 0.237 e. The van der Waals surface area contributed by atoms with Gasteiger partial charge in [-0.3, -0.25) is 4.79 Å². The third-order valence-corrected chi connectivity index (χ3v) is 3.38. The minimum atomic E-state index is -0.113. The fourth-order valence-electron chi connectivity index (χ4n) is 1.57. The maximum atomic E-state index is 12.0. The zero-order valence-electron chi connectivity index (χ0n) is 10.8. The van der Waals surface area contributed by atoms with Crippen molar-refractivity contribution in [1.29, 1.82) is 0 Å². The molecule has 0 bridgehead atoms. The summed E-state index contributed by atoms with van der Waals surface area (Å²) in [5.41, 5.74) is 1.06.